The molecule has 1 saturated heterocycles. The number of likely N-dealkylation sites (tertiary alicyclic amines) is 1. The van der Waals surface area contributed by atoms with Crippen LogP contribution in [0.5, 0.6) is 0 Å². The molecule has 1 aliphatic heterocycles. The molecule has 0 aromatic heterocycles. The van der Waals surface area contributed by atoms with Crippen LogP contribution in [-0.4, -0.2) is 39.0 Å². The third kappa shape index (κ3) is 3.84. The molecule has 0 aliphatic carbocycles. The van der Waals surface area contributed by atoms with Gasteiger partial charge in [0.05, 0.1) is 5.69 Å². The predicted molar refractivity (Wildman–Crippen MR) is 81.0 cm³/mol. The normalized spacial score (nSPS) is 18.1. The maximum Gasteiger partial charge on any atom is 0.240 e. The largest absolute Gasteiger partial charge is 0.399 e. The van der Waals surface area contributed by atoms with E-state index in [9.17, 15) is 8.42 Å². The van der Waals surface area contributed by atoms with Crippen LogP contribution in [0.1, 0.15) is 19.8 Å². The molecule has 1 aromatic rings. The number of nitrogens with zero attached hydrogens (tertiary/aromatic N) is 1. The van der Waals surface area contributed by atoms with Crippen molar-refractivity contribution in [1.29, 1.82) is 0 Å². The Hall–Kier alpha value is -1.31. The molecule has 1 atom stereocenters. The lowest BCUT2D eigenvalue weighted by Crippen LogP contribution is -2.33. The van der Waals surface area contributed by atoms with Gasteiger partial charge in [-0.1, -0.05) is 0 Å². The highest BCUT2D eigenvalue weighted by atomic mass is 32.2. The van der Waals surface area contributed by atoms with Crippen molar-refractivity contribution in [1.82, 2.24) is 4.90 Å². The third-order valence-electron chi connectivity index (χ3n) is 3.44. The smallest absolute Gasteiger partial charge is 0.240 e. The molecule has 1 aliphatic rings. The number of hydrogen-bond acceptors (Lipinski definition) is 5. The molecule has 2 rings (SSSR count). The van der Waals surface area contributed by atoms with Crippen molar-refractivity contribution in [2.75, 3.05) is 30.7 Å². The Balaban J connectivity index is 2.12. The highest BCUT2D eigenvalue weighted by molar-refractivity contribution is 7.89. The van der Waals surface area contributed by atoms with Gasteiger partial charge in [-0.05, 0) is 51.1 Å². The van der Waals surface area contributed by atoms with Gasteiger partial charge in [-0.2, -0.15) is 0 Å². The van der Waals surface area contributed by atoms with Crippen LogP contribution in [-0.2, 0) is 10.0 Å². The number of hydrogen-bond donors (Lipinski definition) is 3. The predicted octanol–water partition coefficient (Wildman–Crippen LogP) is 0.812. The van der Waals surface area contributed by atoms with Gasteiger partial charge in [0.15, 0.2) is 0 Å². The minimum atomic E-state index is -3.78. The molecule has 0 bridgehead atoms. The van der Waals surface area contributed by atoms with Crippen LogP contribution in [0.4, 0.5) is 11.4 Å². The second-order valence-electron chi connectivity index (χ2n) is 5.35. The standard InChI is InChI=1S/C13H22N4O2S/c1-10(9-17-6-2-3-7-17)16-12-5-4-11(14)8-13(12)20(15,18)19/h4-5,8,10,16H,2-3,6-7,9,14H2,1H3,(H2,15,18,19). The first kappa shape index (κ1) is 15.1. The van der Waals surface area contributed by atoms with Crippen LogP contribution in [0, 0.1) is 0 Å². The summed E-state index contributed by atoms with van der Waals surface area (Å²) in [5.41, 5.74) is 6.52. The Morgan fingerprint density at radius 1 is 1.35 bits per heavy atom. The number of anilines is 2. The Kier molecular flexibility index (Phi) is 4.52. The number of benzene rings is 1. The lowest BCUT2D eigenvalue weighted by atomic mass is 10.2. The van der Waals surface area contributed by atoms with Crippen molar-refractivity contribution in [2.45, 2.75) is 30.7 Å². The molecular formula is C13H22N4O2S. The minimum Gasteiger partial charge on any atom is -0.399 e. The zero-order valence-electron chi connectivity index (χ0n) is 11.7. The molecule has 20 heavy (non-hydrogen) atoms. The maximum atomic E-state index is 11.6. The topological polar surface area (TPSA) is 101 Å². The SMILES string of the molecule is CC(CN1CCCC1)Nc1ccc(N)cc1S(N)(=O)=O. The summed E-state index contributed by atoms with van der Waals surface area (Å²) < 4.78 is 23.2. The number of rotatable bonds is 5. The molecule has 0 radical (unpaired) electrons. The van der Waals surface area contributed by atoms with Gasteiger partial charge >= 0.3 is 0 Å². The lowest BCUT2D eigenvalue weighted by Gasteiger charge is -2.23. The van der Waals surface area contributed by atoms with Crippen LogP contribution < -0.4 is 16.2 Å². The summed E-state index contributed by atoms with van der Waals surface area (Å²) in [5, 5.41) is 8.45. The first-order chi connectivity index (χ1) is 9.36. The minimum absolute atomic E-state index is 0.0470. The van der Waals surface area contributed by atoms with E-state index in [2.05, 4.69) is 10.2 Å². The Bertz CT molecular complexity index is 568. The van der Waals surface area contributed by atoms with Crippen molar-refractivity contribution in [3.05, 3.63) is 18.2 Å². The zero-order chi connectivity index (χ0) is 14.8. The number of nitrogens with two attached hydrogens (primary N) is 2. The van der Waals surface area contributed by atoms with Gasteiger partial charge in [0.2, 0.25) is 10.0 Å². The number of nitrogen functional groups attached to an aromatic ring is 1. The van der Waals surface area contributed by atoms with Crippen LogP contribution in [0.15, 0.2) is 23.1 Å². The summed E-state index contributed by atoms with van der Waals surface area (Å²) in [6.07, 6.45) is 2.47. The molecular weight excluding hydrogens is 276 g/mol. The van der Waals surface area contributed by atoms with Crippen LogP contribution in [0.2, 0.25) is 0 Å². The first-order valence-electron chi connectivity index (χ1n) is 6.77. The molecule has 0 saturated carbocycles. The number of nitrogens with one attached hydrogen (secondary N) is 1. The molecule has 1 heterocycles. The van der Waals surface area contributed by atoms with E-state index in [4.69, 9.17) is 10.9 Å². The fourth-order valence-corrected chi connectivity index (χ4v) is 3.29. The second-order valence-corrected chi connectivity index (χ2v) is 6.88. The monoisotopic (exact) mass is 298 g/mol. The molecule has 5 N–H and O–H groups in total. The fourth-order valence-electron chi connectivity index (χ4n) is 2.56. The van der Waals surface area contributed by atoms with E-state index in [1.807, 2.05) is 6.92 Å². The van der Waals surface area contributed by atoms with E-state index < -0.39 is 10.0 Å². The van der Waals surface area contributed by atoms with Crippen LogP contribution in [0.25, 0.3) is 0 Å². The Morgan fingerprint density at radius 2 is 2.00 bits per heavy atom. The van der Waals surface area contributed by atoms with Gasteiger partial charge in [0, 0.05) is 18.3 Å². The zero-order valence-corrected chi connectivity index (χ0v) is 12.5. The average molecular weight is 298 g/mol. The van der Waals surface area contributed by atoms with E-state index in [1.165, 1.54) is 18.9 Å². The van der Waals surface area contributed by atoms with Crippen molar-refractivity contribution in [3.8, 4) is 0 Å². The first-order valence-corrected chi connectivity index (χ1v) is 8.32. The lowest BCUT2D eigenvalue weighted by molar-refractivity contribution is 0.327. The van der Waals surface area contributed by atoms with Gasteiger partial charge in [-0.25, -0.2) is 13.6 Å². The molecule has 1 unspecified atom stereocenters. The Morgan fingerprint density at radius 3 is 2.60 bits per heavy atom. The van der Waals surface area contributed by atoms with Gasteiger partial charge in [0.1, 0.15) is 4.90 Å². The number of primary sulfonamides is 1. The summed E-state index contributed by atoms with van der Waals surface area (Å²) in [7, 11) is -3.78. The van der Waals surface area contributed by atoms with Gasteiger partial charge < -0.3 is 16.0 Å². The van der Waals surface area contributed by atoms with E-state index in [0.29, 0.717) is 11.4 Å². The van der Waals surface area contributed by atoms with Crippen molar-refractivity contribution >= 4 is 21.4 Å². The third-order valence-corrected chi connectivity index (χ3v) is 4.40. The van der Waals surface area contributed by atoms with E-state index >= 15 is 0 Å². The van der Waals surface area contributed by atoms with Crippen LogP contribution in [0.3, 0.4) is 0 Å². The number of sulfonamides is 1. The molecule has 0 amide bonds. The Labute approximate surface area is 120 Å². The molecule has 0 spiro atoms. The van der Waals surface area contributed by atoms with E-state index in [-0.39, 0.29) is 10.9 Å². The van der Waals surface area contributed by atoms with Crippen molar-refractivity contribution < 1.29 is 8.42 Å². The summed E-state index contributed by atoms with van der Waals surface area (Å²) in [6, 6.07) is 4.85. The molecule has 1 fully saturated rings. The van der Waals surface area contributed by atoms with Crippen LogP contribution >= 0.6 is 0 Å². The van der Waals surface area contributed by atoms with Crippen molar-refractivity contribution in [3.63, 3.8) is 0 Å². The highest BCUT2D eigenvalue weighted by Crippen LogP contribution is 2.23. The summed E-state index contributed by atoms with van der Waals surface area (Å²) in [4.78, 5) is 2.41. The second kappa shape index (κ2) is 5.99. The summed E-state index contributed by atoms with van der Waals surface area (Å²) in [6.45, 7) is 5.13. The molecule has 1 aromatic carbocycles. The molecule has 112 valence electrons. The quantitative estimate of drug-likeness (QED) is 0.698. The molecule has 6 nitrogen and oxygen atoms in total. The van der Waals surface area contributed by atoms with E-state index in [0.717, 1.165) is 19.6 Å². The van der Waals surface area contributed by atoms with Gasteiger partial charge in [0.25, 0.3) is 0 Å². The maximum absolute atomic E-state index is 11.6. The highest BCUT2D eigenvalue weighted by Gasteiger charge is 2.18. The summed E-state index contributed by atoms with van der Waals surface area (Å²) in [5.74, 6) is 0. The molecule has 7 heteroatoms. The van der Waals surface area contributed by atoms with Gasteiger partial charge in [-0.3, -0.25) is 0 Å². The van der Waals surface area contributed by atoms with Gasteiger partial charge in [-0.15, -0.1) is 0 Å². The van der Waals surface area contributed by atoms with Crippen molar-refractivity contribution in [2.24, 2.45) is 5.14 Å². The fraction of sp³-hybridized carbons (Fsp3) is 0.538. The van der Waals surface area contributed by atoms with E-state index in [1.54, 1.807) is 12.1 Å². The average Bonchev–Trinajstić information content (AvgIpc) is 2.82. The summed E-state index contributed by atoms with van der Waals surface area (Å²) >= 11 is 0.